The molecule has 2 N–H and O–H groups in total. The third kappa shape index (κ3) is 6.90. The number of rotatable bonds is 8. The molecule has 5 heteroatoms. The van der Waals surface area contributed by atoms with Crippen LogP contribution in [0.25, 0.3) is 0 Å². The first-order chi connectivity index (χ1) is 10.0. The standard InChI is InChI=1S/C16H25N3O2/c1-13-7-4-5-8-14(13)16(21)18-11-9-15(20)17-10-6-12-19(2)3/h4-5,7-8H,6,9-12H2,1-3H3,(H,17,20)(H,18,21). The van der Waals surface area contributed by atoms with Gasteiger partial charge in [0.05, 0.1) is 0 Å². The summed E-state index contributed by atoms with van der Waals surface area (Å²) in [6, 6.07) is 7.41. The molecular weight excluding hydrogens is 266 g/mol. The molecule has 0 aliphatic heterocycles. The van der Waals surface area contributed by atoms with E-state index in [0.29, 0.717) is 25.1 Å². The largest absolute Gasteiger partial charge is 0.356 e. The summed E-state index contributed by atoms with van der Waals surface area (Å²) in [6.07, 6.45) is 1.23. The molecule has 2 amide bonds. The first kappa shape index (κ1) is 17.2. The summed E-state index contributed by atoms with van der Waals surface area (Å²) in [7, 11) is 4.01. The number of hydrogen-bond acceptors (Lipinski definition) is 3. The molecule has 0 bridgehead atoms. The molecule has 0 aliphatic carbocycles. The summed E-state index contributed by atoms with van der Waals surface area (Å²) in [6.45, 7) is 3.87. The van der Waals surface area contributed by atoms with Crippen LogP contribution in [-0.4, -0.2) is 50.4 Å². The lowest BCUT2D eigenvalue weighted by Crippen LogP contribution is -2.32. The highest BCUT2D eigenvalue weighted by atomic mass is 16.2. The molecule has 0 saturated heterocycles. The highest BCUT2D eigenvalue weighted by molar-refractivity contribution is 5.95. The quantitative estimate of drug-likeness (QED) is 0.707. The van der Waals surface area contributed by atoms with E-state index < -0.39 is 0 Å². The van der Waals surface area contributed by atoms with Crippen LogP contribution in [0.4, 0.5) is 0 Å². The molecule has 116 valence electrons. The van der Waals surface area contributed by atoms with E-state index in [9.17, 15) is 9.59 Å². The molecule has 0 atom stereocenters. The average molecular weight is 291 g/mol. The van der Waals surface area contributed by atoms with Crippen molar-refractivity contribution in [2.24, 2.45) is 0 Å². The van der Waals surface area contributed by atoms with Crippen LogP contribution in [0.5, 0.6) is 0 Å². The van der Waals surface area contributed by atoms with E-state index in [1.165, 1.54) is 0 Å². The van der Waals surface area contributed by atoms with Gasteiger partial charge in [-0.15, -0.1) is 0 Å². The van der Waals surface area contributed by atoms with Gasteiger partial charge in [-0.1, -0.05) is 18.2 Å². The van der Waals surface area contributed by atoms with Gasteiger partial charge >= 0.3 is 0 Å². The molecule has 1 aromatic rings. The SMILES string of the molecule is Cc1ccccc1C(=O)NCCC(=O)NCCCN(C)C. The van der Waals surface area contributed by atoms with Gasteiger partial charge in [0.2, 0.25) is 5.91 Å². The van der Waals surface area contributed by atoms with Gasteiger partial charge in [-0.2, -0.15) is 0 Å². The zero-order valence-corrected chi connectivity index (χ0v) is 13.1. The maximum atomic E-state index is 11.9. The van der Waals surface area contributed by atoms with E-state index in [0.717, 1.165) is 18.5 Å². The number of nitrogens with one attached hydrogen (secondary N) is 2. The van der Waals surface area contributed by atoms with Crippen molar-refractivity contribution in [3.05, 3.63) is 35.4 Å². The van der Waals surface area contributed by atoms with Crippen LogP contribution in [0.1, 0.15) is 28.8 Å². The lowest BCUT2D eigenvalue weighted by Gasteiger charge is -2.10. The lowest BCUT2D eigenvalue weighted by molar-refractivity contribution is -0.120. The third-order valence-corrected chi connectivity index (χ3v) is 3.13. The monoisotopic (exact) mass is 291 g/mol. The van der Waals surface area contributed by atoms with E-state index in [-0.39, 0.29) is 11.8 Å². The summed E-state index contributed by atoms with van der Waals surface area (Å²) in [5.41, 5.74) is 1.59. The van der Waals surface area contributed by atoms with Gasteiger partial charge in [0.1, 0.15) is 0 Å². The van der Waals surface area contributed by atoms with Crippen LogP contribution < -0.4 is 10.6 Å². The normalized spacial score (nSPS) is 10.5. The van der Waals surface area contributed by atoms with Crippen molar-refractivity contribution in [1.29, 1.82) is 0 Å². The molecule has 0 saturated carbocycles. The molecule has 1 aromatic carbocycles. The molecule has 0 radical (unpaired) electrons. The molecule has 0 unspecified atom stereocenters. The molecule has 5 nitrogen and oxygen atoms in total. The third-order valence-electron chi connectivity index (χ3n) is 3.13. The number of benzene rings is 1. The Morgan fingerprint density at radius 2 is 1.81 bits per heavy atom. The molecule has 0 spiro atoms. The molecule has 0 fully saturated rings. The van der Waals surface area contributed by atoms with Gasteiger partial charge in [0.25, 0.3) is 5.91 Å². The van der Waals surface area contributed by atoms with Crippen molar-refractivity contribution >= 4 is 11.8 Å². The second-order valence-electron chi connectivity index (χ2n) is 5.33. The maximum absolute atomic E-state index is 11.9. The van der Waals surface area contributed by atoms with Crippen molar-refractivity contribution in [2.75, 3.05) is 33.7 Å². The topological polar surface area (TPSA) is 61.4 Å². The summed E-state index contributed by atoms with van der Waals surface area (Å²) < 4.78 is 0. The van der Waals surface area contributed by atoms with Gasteiger partial charge in [-0.3, -0.25) is 9.59 Å². The second kappa shape index (κ2) is 9.13. The van der Waals surface area contributed by atoms with Crippen molar-refractivity contribution < 1.29 is 9.59 Å². The first-order valence-corrected chi connectivity index (χ1v) is 7.26. The number of nitrogens with zero attached hydrogens (tertiary/aromatic N) is 1. The highest BCUT2D eigenvalue weighted by Crippen LogP contribution is 2.06. The van der Waals surface area contributed by atoms with E-state index in [1.54, 1.807) is 6.07 Å². The number of hydrogen-bond donors (Lipinski definition) is 2. The Kier molecular flexibility index (Phi) is 7.46. The Hall–Kier alpha value is -1.88. The Morgan fingerprint density at radius 3 is 2.48 bits per heavy atom. The average Bonchev–Trinajstić information content (AvgIpc) is 2.43. The summed E-state index contributed by atoms with van der Waals surface area (Å²) in [5, 5.41) is 5.62. The molecule has 1 rings (SSSR count). The van der Waals surface area contributed by atoms with Gasteiger partial charge in [-0.05, 0) is 45.6 Å². The fourth-order valence-corrected chi connectivity index (χ4v) is 1.92. The van der Waals surface area contributed by atoms with Crippen molar-refractivity contribution in [3.63, 3.8) is 0 Å². The minimum absolute atomic E-state index is 0.0289. The number of aryl methyl sites for hydroxylation is 1. The van der Waals surface area contributed by atoms with Crippen LogP contribution >= 0.6 is 0 Å². The van der Waals surface area contributed by atoms with Crippen LogP contribution in [0.15, 0.2) is 24.3 Å². The summed E-state index contributed by atoms with van der Waals surface area (Å²) in [4.78, 5) is 25.6. The lowest BCUT2D eigenvalue weighted by atomic mass is 10.1. The Bertz CT molecular complexity index is 472. The smallest absolute Gasteiger partial charge is 0.251 e. The first-order valence-electron chi connectivity index (χ1n) is 7.26. The Labute approximate surface area is 126 Å². The number of carbonyl (C=O) groups is 2. The predicted octanol–water partition coefficient (Wildman–Crippen LogP) is 1.18. The van der Waals surface area contributed by atoms with Gasteiger partial charge in [0, 0.05) is 25.1 Å². The Morgan fingerprint density at radius 1 is 1.10 bits per heavy atom. The zero-order valence-electron chi connectivity index (χ0n) is 13.1. The van der Waals surface area contributed by atoms with Gasteiger partial charge in [-0.25, -0.2) is 0 Å². The van der Waals surface area contributed by atoms with E-state index in [1.807, 2.05) is 39.2 Å². The molecule has 0 heterocycles. The zero-order chi connectivity index (χ0) is 15.7. The molecule has 21 heavy (non-hydrogen) atoms. The second-order valence-corrected chi connectivity index (χ2v) is 5.33. The van der Waals surface area contributed by atoms with Crippen LogP contribution in [0.2, 0.25) is 0 Å². The molecule has 0 aromatic heterocycles. The van der Waals surface area contributed by atoms with Crippen LogP contribution in [0, 0.1) is 6.92 Å². The minimum atomic E-state index is -0.131. The number of amides is 2. The molecular formula is C16H25N3O2. The fraction of sp³-hybridized carbons (Fsp3) is 0.500. The van der Waals surface area contributed by atoms with Crippen molar-refractivity contribution in [1.82, 2.24) is 15.5 Å². The summed E-state index contributed by atoms with van der Waals surface area (Å²) >= 11 is 0. The van der Waals surface area contributed by atoms with Crippen molar-refractivity contribution in [2.45, 2.75) is 19.8 Å². The van der Waals surface area contributed by atoms with Crippen LogP contribution in [0.3, 0.4) is 0 Å². The highest BCUT2D eigenvalue weighted by Gasteiger charge is 2.08. The minimum Gasteiger partial charge on any atom is -0.356 e. The van der Waals surface area contributed by atoms with Gasteiger partial charge < -0.3 is 15.5 Å². The van der Waals surface area contributed by atoms with E-state index in [2.05, 4.69) is 15.5 Å². The van der Waals surface area contributed by atoms with E-state index in [4.69, 9.17) is 0 Å². The fourth-order valence-electron chi connectivity index (χ4n) is 1.92. The van der Waals surface area contributed by atoms with Crippen molar-refractivity contribution in [3.8, 4) is 0 Å². The number of carbonyl (C=O) groups excluding carboxylic acids is 2. The maximum Gasteiger partial charge on any atom is 0.251 e. The van der Waals surface area contributed by atoms with E-state index >= 15 is 0 Å². The Balaban J connectivity index is 2.20. The summed E-state index contributed by atoms with van der Waals surface area (Å²) in [5.74, 6) is -0.160. The predicted molar refractivity (Wildman–Crippen MR) is 84.3 cm³/mol. The molecule has 0 aliphatic rings. The van der Waals surface area contributed by atoms with Gasteiger partial charge in [0.15, 0.2) is 0 Å². The van der Waals surface area contributed by atoms with Crippen LogP contribution in [-0.2, 0) is 4.79 Å².